The Morgan fingerprint density at radius 3 is 2.16 bits per heavy atom. The second kappa shape index (κ2) is 8.10. The van der Waals surface area contributed by atoms with Crippen LogP contribution in [-0.4, -0.2) is 20.9 Å². The van der Waals surface area contributed by atoms with Crippen LogP contribution in [-0.2, 0) is 20.2 Å². The maximum Gasteiger partial charge on any atom is 0.265 e. The van der Waals surface area contributed by atoms with Crippen LogP contribution in [0.3, 0.4) is 0 Å². The number of anilines is 1. The quantitative estimate of drug-likeness (QED) is 0.608. The summed E-state index contributed by atoms with van der Waals surface area (Å²) in [6.45, 7) is 8.09. The molecule has 1 aliphatic rings. The number of hydrogen-bond acceptors (Lipinski definition) is 3. The molecule has 0 aromatic heterocycles. The van der Waals surface area contributed by atoms with Crippen LogP contribution in [0, 0.1) is 0 Å². The smallest absolute Gasteiger partial charge is 0.265 e. The van der Waals surface area contributed by atoms with Crippen LogP contribution in [0.15, 0.2) is 77.7 Å². The Hall–Kier alpha value is -3.12. The highest BCUT2D eigenvalue weighted by Crippen LogP contribution is 2.42. The van der Waals surface area contributed by atoms with E-state index in [2.05, 4.69) is 38.2 Å². The van der Waals surface area contributed by atoms with Gasteiger partial charge in [0.25, 0.3) is 10.0 Å². The van der Waals surface area contributed by atoms with Crippen LogP contribution >= 0.6 is 0 Å². The molecule has 5 nitrogen and oxygen atoms in total. The lowest BCUT2D eigenvalue weighted by molar-refractivity contribution is -0.120. The van der Waals surface area contributed by atoms with Gasteiger partial charge in [0.2, 0.25) is 5.91 Å². The Labute approximate surface area is 190 Å². The van der Waals surface area contributed by atoms with Gasteiger partial charge >= 0.3 is 0 Å². The van der Waals surface area contributed by atoms with E-state index in [9.17, 15) is 13.2 Å². The molecule has 1 amide bonds. The van der Waals surface area contributed by atoms with E-state index >= 15 is 0 Å². The van der Waals surface area contributed by atoms with Crippen molar-refractivity contribution in [3.63, 3.8) is 0 Å². The van der Waals surface area contributed by atoms with Gasteiger partial charge in [-0.1, -0.05) is 81.4 Å². The van der Waals surface area contributed by atoms with Crippen molar-refractivity contribution in [2.45, 2.75) is 44.0 Å². The molecule has 1 aliphatic heterocycles. The first-order valence-corrected chi connectivity index (χ1v) is 12.1. The number of rotatable bonds is 4. The zero-order chi connectivity index (χ0) is 23.1. The molecule has 6 heteroatoms. The highest BCUT2D eigenvalue weighted by molar-refractivity contribution is 7.93. The summed E-state index contributed by atoms with van der Waals surface area (Å²) < 4.78 is 27.9. The number of benzene rings is 3. The molecule has 0 aliphatic carbocycles. The summed E-state index contributed by atoms with van der Waals surface area (Å²) in [5, 5.41) is 2.95. The molecule has 0 bridgehead atoms. The van der Waals surface area contributed by atoms with Crippen LogP contribution < -0.4 is 9.62 Å². The van der Waals surface area contributed by atoms with Crippen molar-refractivity contribution >= 4 is 21.6 Å². The normalized spacial score (nSPS) is 15.4. The summed E-state index contributed by atoms with van der Waals surface area (Å²) in [5.41, 5.74) is 4.22. The Bertz CT molecular complexity index is 1260. The van der Waals surface area contributed by atoms with Crippen molar-refractivity contribution in [2.75, 3.05) is 10.8 Å². The number of carbonyl (C=O) groups excluding carboxylic acids is 1. The molecule has 1 heterocycles. The highest BCUT2D eigenvalue weighted by Gasteiger charge is 2.35. The zero-order valence-electron chi connectivity index (χ0n) is 18.8. The maximum atomic E-state index is 13.3. The number of hydrogen-bond donors (Lipinski definition) is 1. The minimum Gasteiger partial charge on any atom is -0.348 e. The summed E-state index contributed by atoms with van der Waals surface area (Å²) >= 11 is 0. The van der Waals surface area contributed by atoms with Gasteiger partial charge in [-0.05, 0) is 35.6 Å². The molecular formula is C26H28N2O3S. The van der Waals surface area contributed by atoms with Crippen LogP contribution in [0.25, 0.3) is 11.1 Å². The summed E-state index contributed by atoms with van der Waals surface area (Å²) in [6, 6.07) is 22.1. The molecule has 1 atom stereocenters. The predicted molar refractivity (Wildman–Crippen MR) is 128 cm³/mol. The van der Waals surface area contributed by atoms with Gasteiger partial charge < -0.3 is 5.32 Å². The van der Waals surface area contributed by atoms with Crippen molar-refractivity contribution in [3.05, 3.63) is 83.9 Å². The van der Waals surface area contributed by atoms with E-state index in [0.717, 1.165) is 11.1 Å². The lowest BCUT2D eigenvalue weighted by Gasteiger charge is -2.32. The van der Waals surface area contributed by atoms with Gasteiger partial charge in [0, 0.05) is 11.1 Å². The molecule has 32 heavy (non-hydrogen) atoms. The van der Waals surface area contributed by atoms with Crippen LogP contribution in [0.4, 0.5) is 5.69 Å². The van der Waals surface area contributed by atoms with E-state index in [-0.39, 0.29) is 28.8 Å². The number of fused-ring (bicyclic) bond motifs is 3. The standard InChI is InChI=1S/C26H28N2O3S/c1-18(19-13-15-20(16-14-19)26(2,3)4)27-25(29)17-28-23-11-7-5-9-21(23)22-10-6-8-12-24(22)32(28,30)31/h5-16,18H,17H2,1-4H3,(H,27,29). The molecule has 0 saturated heterocycles. The first-order valence-electron chi connectivity index (χ1n) is 10.7. The third-order valence-corrected chi connectivity index (χ3v) is 7.68. The minimum atomic E-state index is -3.84. The van der Waals surface area contributed by atoms with Crippen molar-refractivity contribution in [1.29, 1.82) is 0 Å². The Morgan fingerprint density at radius 1 is 0.906 bits per heavy atom. The van der Waals surface area contributed by atoms with Gasteiger partial charge in [-0.15, -0.1) is 0 Å². The fourth-order valence-electron chi connectivity index (χ4n) is 4.02. The van der Waals surface area contributed by atoms with Crippen molar-refractivity contribution in [2.24, 2.45) is 0 Å². The molecule has 1 unspecified atom stereocenters. The number of amides is 1. The van der Waals surface area contributed by atoms with E-state index in [0.29, 0.717) is 11.3 Å². The molecule has 166 valence electrons. The molecule has 3 aromatic carbocycles. The first-order chi connectivity index (χ1) is 15.1. The van der Waals surface area contributed by atoms with Gasteiger partial charge in [-0.3, -0.25) is 9.10 Å². The zero-order valence-corrected chi connectivity index (χ0v) is 19.6. The van der Waals surface area contributed by atoms with Crippen LogP contribution in [0.1, 0.15) is 44.9 Å². The fourth-order valence-corrected chi connectivity index (χ4v) is 5.67. The third kappa shape index (κ3) is 4.02. The second-order valence-electron chi connectivity index (χ2n) is 9.19. The van der Waals surface area contributed by atoms with Gasteiger partial charge in [-0.2, -0.15) is 0 Å². The number of carbonyl (C=O) groups is 1. The summed E-state index contributed by atoms with van der Waals surface area (Å²) in [5.74, 6) is -0.352. The number of nitrogens with one attached hydrogen (secondary N) is 1. The van der Waals surface area contributed by atoms with Gasteiger partial charge in [0.1, 0.15) is 6.54 Å². The fraction of sp³-hybridized carbons (Fsp3) is 0.269. The first kappa shape index (κ1) is 22.1. The molecule has 0 spiro atoms. The van der Waals surface area contributed by atoms with Crippen LogP contribution in [0.5, 0.6) is 0 Å². The minimum absolute atomic E-state index is 0.0529. The topological polar surface area (TPSA) is 66.5 Å². The maximum absolute atomic E-state index is 13.3. The number of nitrogens with zero attached hydrogens (tertiary/aromatic N) is 1. The number of para-hydroxylation sites is 1. The van der Waals surface area contributed by atoms with Gasteiger partial charge in [0.15, 0.2) is 0 Å². The average Bonchev–Trinajstić information content (AvgIpc) is 2.76. The number of sulfonamides is 1. The molecule has 4 rings (SSSR count). The average molecular weight is 449 g/mol. The van der Waals surface area contributed by atoms with Crippen LogP contribution in [0.2, 0.25) is 0 Å². The molecule has 3 aromatic rings. The molecule has 1 N–H and O–H groups in total. The third-order valence-electron chi connectivity index (χ3n) is 5.86. The lowest BCUT2D eigenvalue weighted by atomic mass is 9.86. The predicted octanol–water partition coefficient (Wildman–Crippen LogP) is 5.04. The van der Waals surface area contributed by atoms with Crippen molar-refractivity contribution in [3.8, 4) is 11.1 Å². The molecule has 0 fully saturated rings. The lowest BCUT2D eigenvalue weighted by Crippen LogP contribution is -2.43. The van der Waals surface area contributed by atoms with E-state index in [1.807, 2.05) is 37.3 Å². The monoisotopic (exact) mass is 448 g/mol. The Balaban J connectivity index is 1.57. The highest BCUT2D eigenvalue weighted by atomic mass is 32.2. The molecule has 0 radical (unpaired) electrons. The van der Waals surface area contributed by atoms with Crippen molar-refractivity contribution < 1.29 is 13.2 Å². The van der Waals surface area contributed by atoms with Crippen molar-refractivity contribution in [1.82, 2.24) is 5.32 Å². The Kier molecular flexibility index (Phi) is 5.59. The summed E-state index contributed by atoms with van der Waals surface area (Å²) in [7, 11) is -3.84. The largest absolute Gasteiger partial charge is 0.348 e. The van der Waals surface area contributed by atoms with E-state index < -0.39 is 10.0 Å². The Morgan fingerprint density at radius 2 is 1.50 bits per heavy atom. The summed E-state index contributed by atoms with van der Waals surface area (Å²) in [6.07, 6.45) is 0. The second-order valence-corrected chi connectivity index (χ2v) is 11.0. The molecule has 0 saturated carbocycles. The molecular weight excluding hydrogens is 420 g/mol. The van der Waals surface area contributed by atoms with E-state index in [1.165, 1.54) is 9.87 Å². The van der Waals surface area contributed by atoms with E-state index in [1.54, 1.807) is 30.3 Å². The summed E-state index contributed by atoms with van der Waals surface area (Å²) in [4.78, 5) is 13.1. The van der Waals surface area contributed by atoms with Gasteiger partial charge in [-0.25, -0.2) is 8.42 Å². The SMILES string of the molecule is CC(NC(=O)CN1c2ccccc2-c2ccccc2S1(=O)=O)c1ccc(C(C)(C)C)cc1. The van der Waals surface area contributed by atoms with Gasteiger partial charge in [0.05, 0.1) is 16.6 Å². The van der Waals surface area contributed by atoms with E-state index in [4.69, 9.17) is 0 Å².